The van der Waals surface area contributed by atoms with Crippen molar-refractivity contribution in [1.82, 2.24) is 9.78 Å². The van der Waals surface area contributed by atoms with Gasteiger partial charge in [-0.2, -0.15) is 5.10 Å². The van der Waals surface area contributed by atoms with Gasteiger partial charge < -0.3 is 0 Å². The molecule has 0 saturated heterocycles. The number of rotatable bonds is 1. The molecule has 0 saturated carbocycles. The van der Waals surface area contributed by atoms with Gasteiger partial charge in [0.2, 0.25) is 0 Å². The van der Waals surface area contributed by atoms with Crippen molar-refractivity contribution < 1.29 is 4.39 Å². The molecule has 0 amide bonds. The fraction of sp³-hybridized carbons (Fsp3) is 0.700. The zero-order valence-electron chi connectivity index (χ0n) is 8.43. The molecular weight excluding hydrogens is 247 g/mol. The predicted octanol–water partition coefficient (Wildman–Crippen LogP) is 3.57. The standard InChI is InChI=1S/C10H14BrFN2/c1-6(2)14-8-5-3-4-7(12)9(8)10(11)13-14/h6-7H,3-5H2,1-2H3. The summed E-state index contributed by atoms with van der Waals surface area (Å²) in [5.74, 6) is 0. The number of hydrogen-bond acceptors (Lipinski definition) is 1. The van der Waals surface area contributed by atoms with Crippen molar-refractivity contribution in [2.24, 2.45) is 0 Å². The molecule has 1 aromatic rings. The maximum atomic E-state index is 13.6. The largest absolute Gasteiger partial charge is 0.266 e. The van der Waals surface area contributed by atoms with Crippen LogP contribution in [0.15, 0.2) is 4.60 Å². The second kappa shape index (κ2) is 3.65. The zero-order chi connectivity index (χ0) is 10.3. The van der Waals surface area contributed by atoms with E-state index in [-0.39, 0.29) is 0 Å². The van der Waals surface area contributed by atoms with Gasteiger partial charge in [-0.25, -0.2) is 4.39 Å². The third-order valence-electron chi connectivity index (χ3n) is 2.68. The quantitative estimate of drug-likeness (QED) is 0.755. The van der Waals surface area contributed by atoms with Gasteiger partial charge in [-0.3, -0.25) is 4.68 Å². The van der Waals surface area contributed by atoms with Gasteiger partial charge in [0.25, 0.3) is 0 Å². The van der Waals surface area contributed by atoms with Crippen LogP contribution in [-0.2, 0) is 6.42 Å². The summed E-state index contributed by atoms with van der Waals surface area (Å²) in [7, 11) is 0. The number of halogens is 2. The molecule has 2 nitrogen and oxygen atoms in total. The molecule has 14 heavy (non-hydrogen) atoms. The Balaban J connectivity index is 2.52. The van der Waals surface area contributed by atoms with Crippen LogP contribution in [0, 0.1) is 0 Å². The van der Waals surface area contributed by atoms with E-state index in [4.69, 9.17) is 0 Å². The number of alkyl halides is 1. The summed E-state index contributed by atoms with van der Waals surface area (Å²) in [4.78, 5) is 0. The summed E-state index contributed by atoms with van der Waals surface area (Å²) in [6.07, 6.45) is 1.68. The molecule has 0 spiro atoms. The lowest BCUT2D eigenvalue weighted by atomic mass is 9.96. The van der Waals surface area contributed by atoms with Gasteiger partial charge in [0, 0.05) is 17.3 Å². The third kappa shape index (κ3) is 1.49. The van der Waals surface area contributed by atoms with E-state index < -0.39 is 6.17 Å². The highest BCUT2D eigenvalue weighted by molar-refractivity contribution is 9.10. The maximum Gasteiger partial charge on any atom is 0.134 e. The fourth-order valence-electron chi connectivity index (χ4n) is 2.03. The molecule has 0 bridgehead atoms. The Labute approximate surface area is 91.6 Å². The SMILES string of the molecule is CC(C)n1nc(Br)c2c1CCCC2F. The number of aromatic nitrogens is 2. The van der Waals surface area contributed by atoms with Crippen molar-refractivity contribution in [2.45, 2.75) is 45.3 Å². The van der Waals surface area contributed by atoms with Crippen molar-refractivity contribution in [1.29, 1.82) is 0 Å². The van der Waals surface area contributed by atoms with E-state index >= 15 is 0 Å². The first-order chi connectivity index (χ1) is 6.61. The Hall–Kier alpha value is -0.380. The highest BCUT2D eigenvalue weighted by atomic mass is 79.9. The van der Waals surface area contributed by atoms with Crippen LogP contribution in [0.1, 0.15) is 50.2 Å². The molecule has 4 heteroatoms. The Bertz CT molecular complexity index is 346. The molecule has 1 aliphatic carbocycles. The predicted molar refractivity (Wildman–Crippen MR) is 57.1 cm³/mol. The molecule has 1 unspecified atom stereocenters. The van der Waals surface area contributed by atoms with Gasteiger partial charge in [0.15, 0.2) is 0 Å². The van der Waals surface area contributed by atoms with Crippen molar-refractivity contribution in [3.8, 4) is 0 Å². The van der Waals surface area contributed by atoms with Crippen LogP contribution in [0.25, 0.3) is 0 Å². The van der Waals surface area contributed by atoms with Crippen LogP contribution in [0.3, 0.4) is 0 Å². The number of nitrogens with zero attached hydrogens (tertiary/aromatic N) is 2. The highest BCUT2D eigenvalue weighted by Crippen LogP contribution is 2.38. The van der Waals surface area contributed by atoms with Gasteiger partial charge in [-0.15, -0.1) is 0 Å². The molecule has 1 atom stereocenters. The minimum Gasteiger partial charge on any atom is -0.266 e. The van der Waals surface area contributed by atoms with Crippen LogP contribution in [-0.4, -0.2) is 9.78 Å². The number of hydrogen-bond donors (Lipinski definition) is 0. The average molecular weight is 261 g/mol. The molecule has 1 aromatic heterocycles. The van der Waals surface area contributed by atoms with Gasteiger partial charge in [-0.1, -0.05) is 0 Å². The normalized spacial score (nSPS) is 21.4. The van der Waals surface area contributed by atoms with Crippen LogP contribution >= 0.6 is 15.9 Å². The van der Waals surface area contributed by atoms with E-state index in [1.54, 1.807) is 0 Å². The Kier molecular flexibility index (Phi) is 2.64. The Morgan fingerprint density at radius 3 is 2.93 bits per heavy atom. The number of fused-ring (bicyclic) bond motifs is 1. The summed E-state index contributed by atoms with van der Waals surface area (Å²) in [6, 6.07) is 0.306. The van der Waals surface area contributed by atoms with Crippen LogP contribution in [0.4, 0.5) is 4.39 Å². The minimum atomic E-state index is -0.833. The molecule has 2 rings (SSSR count). The molecule has 0 aromatic carbocycles. The molecule has 78 valence electrons. The lowest BCUT2D eigenvalue weighted by Gasteiger charge is -2.18. The first kappa shape index (κ1) is 10.1. The topological polar surface area (TPSA) is 17.8 Å². The van der Waals surface area contributed by atoms with E-state index in [1.165, 1.54) is 0 Å². The van der Waals surface area contributed by atoms with Crippen LogP contribution in [0.5, 0.6) is 0 Å². The van der Waals surface area contributed by atoms with E-state index in [0.717, 1.165) is 24.1 Å². The van der Waals surface area contributed by atoms with E-state index in [0.29, 0.717) is 17.1 Å². The van der Waals surface area contributed by atoms with Crippen molar-refractivity contribution >= 4 is 15.9 Å². The minimum absolute atomic E-state index is 0.306. The lowest BCUT2D eigenvalue weighted by Crippen LogP contribution is -2.12. The summed E-state index contributed by atoms with van der Waals surface area (Å²) in [5.41, 5.74) is 1.86. The van der Waals surface area contributed by atoms with Crippen molar-refractivity contribution in [3.63, 3.8) is 0 Å². The van der Waals surface area contributed by atoms with Gasteiger partial charge in [0.05, 0.1) is 0 Å². The highest BCUT2D eigenvalue weighted by Gasteiger charge is 2.27. The van der Waals surface area contributed by atoms with Crippen molar-refractivity contribution in [2.75, 3.05) is 0 Å². The first-order valence-electron chi connectivity index (χ1n) is 5.02. The third-order valence-corrected chi connectivity index (χ3v) is 3.26. The first-order valence-corrected chi connectivity index (χ1v) is 5.81. The maximum absolute atomic E-state index is 13.6. The Morgan fingerprint density at radius 2 is 2.29 bits per heavy atom. The van der Waals surface area contributed by atoms with Gasteiger partial charge in [0.1, 0.15) is 10.8 Å². The van der Waals surface area contributed by atoms with Gasteiger partial charge >= 0.3 is 0 Å². The zero-order valence-corrected chi connectivity index (χ0v) is 10.0. The summed E-state index contributed by atoms with van der Waals surface area (Å²) in [6.45, 7) is 4.14. The van der Waals surface area contributed by atoms with E-state index in [1.807, 2.05) is 4.68 Å². The second-order valence-corrected chi connectivity index (χ2v) is 4.80. The summed E-state index contributed by atoms with van der Waals surface area (Å²) in [5, 5.41) is 4.34. The van der Waals surface area contributed by atoms with E-state index in [2.05, 4.69) is 34.9 Å². The summed E-state index contributed by atoms with van der Waals surface area (Å²) < 4.78 is 16.3. The fourth-order valence-corrected chi connectivity index (χ4v) is 2.68. The lowest BCUT2D eigenvalue weighted by molar-refractivity contribution is 0.297. The molecule has 0 radical (unpaired) electrons. The molecule has 0 fully saturated rings. The average Bonchev–Trinajstić information content (AvgIpc) is 2.45. The molecular formula is C10H14BrFN2. The smallest absolute Gasteiger partial charge is 0.134 e. The molecule has 1 heterocycles. The second-order valence-electron chi connectivity index (χ2n) is 4.05. The van der Waals surface area contributed by atoms with Gasteiger partial charge in [-0.05, 0) is 49.0 Å². The van der Waals surface area contributed by atoms with Crippen LogP contribution in [0.2, 0.25) is 0 Å². The monoisotopic (exact) mass is 260 g/mol. The summed E-state index contributed by atoms with van der Waals surface area (Å²) >= 11 is 3.34. The van der Waals surface area contributed by atoms with Crippen LogP contribution < -0.4 is 0 Å². The molecule has 0 aliphatic heterocycles. The molecule has 0 N–H and O–H groups in total. The van der Waals surface area contributed by atoms with Crippen molar-refractivity contribution in [3.05, 3.63) is 15.9 Å². The molecule has 1 aliphatic rings. The Morgan fingerprint density at radius 1 is 1.57 bits per heavy atom. The van der Waals surface area contributed by atoms with E-state index in [9.17, 15) is 4.39 Å².